The van der Waals surface area contributed by atoms with Gasteiger partial charge in [-0.2, -0.15) is 5.26 Å². The van der Waals surface area contributed by atoms with Gasteiger partial charge < -0.3 is 20.3 Å². The SMILES string of the molecule is COc1ccc(CNC(=O)Nc2ccc(CC=Cc3ccc(N(C)CCC#N)cc3)cc2)cc1. The number of anilines is 2. The number of carbonyl (C=O) groups is 1. The number of carbonyl (C=O) groups excluding carboxylic acids is 1. The van der Waals surface area contributed by atoms with E-state index < -0.39 is 0 Å². The van der Waals surface area contributed by atoms with E-state index in [9.17, 15) is 4.79 Å². The topological polar surface area (TPSA) is 77.4 Å². The van der Waals surface area contributed by atoms with Crippen molar-refractivity contribution >= 4 is 23.5 Å². The van der Waals surface area contributed by atoms with Crippen LogP contribution in [0.2, 0.25) is 0 Å². The van der Waals surface area contributed by atoms with Gasteiger partial charge in [0, 0.05) is 31.5 Å². The lowest BCUT2D eigenvalue weighted by Crippen LogP contribution is -2.28. The maximum absolute atomic E-state index is 12.2. The van der Waals surface area contributed by atoms with Crippen LogP contribution >= 0.6 is 0 Å². The van der Waals surface area contributed by atoms with Crippen molar-refractivity contribution < 1.29 is 9.53 Å². The molecule has 0 aliphatic rings. The van der Waals surface area contributed by atoms with Gasteiger partial charge in [0.15, 0.2) is 0 Å². The highest BCUT2D eigenvalue weighted by atomic mass is 16.5. The molecule has 2 amide bonds. The van der Waals surface area contributed by atoms with Gasteiger partial charge in [-0.15, -0.1) is 0 Å². The molecular formula is C28H30N4O2. The lowest BCUT2D eigenvalue weighted by molar-refractivity contribution is 0.251. The predicted octanol–water partition coefficient (Wildman–Crippen LogP) is 5.62. The van der Waals surface area contributed by atoms with Crippen molar-refractivity contribution in [2.75, 3.05) is 30.9 Å². The van der Waals surface area contributed by atoms with Crippen LogP contribution < -0.4 is 20.3 Å². The van der Waals surface area contributed by atoms with Gasteiger partial charge in [0.1, 0.15) is 5.75 Å². The third kappa shape index (κ3) is 7.72. The molecule has 0 spiro atoms. The van der Waals surface area contributed by atoms with Gasteiger partial charge in [0.05, 0.1) is 19.6 Å². The summed E-state index contributed by atoms with van der Waals surface area (Å²) in [5, 5.41) is 14.4. The molecule has 0 saturated heterocycles. The number of methoxy groups -OCH3 is 1. The van der Waals surface area contributed by atoms with Gasteiger partial charge >= 0.3 is 6.03 Å². The molecule has 0 aliphatic carbocycles. The Morgan fingerprint density at radius 1 is 1.00 bits per heavy atom. The van der Waals surface area contributed by atoms with Gasteiger partial charge in [-0.3, -0.25) is 0 Å². The minimum Gasteiger partial charge on any atom is -0.497 e. The van der Waals surface area contributed by atoms with Crippen molar-refractivity contribution in [2.45, 2.75) is 19.4 Å². The van der Waals surface area contributed by atoms with Crippen LogP contribution in [0.4, 0.5) is 16.2 Å². The quantitative estimate of drug-likeness (QED) is 0.417. The van der Waals surface area contributed by atoms with Crippen LogP contribution in [-0.4, -0.2) is 26.7 Å². The maximum Gasteiger partial charge on any atom is 0.319 e. The Labute approximate surface area is 201 Å². The molecule has 3 aromatic carbocycles. The number of ether oxygens (including phenoxy) is 1. The standard InChI is InChI=1S/C28H30N4O2/c1-32(20-4-19-29)26-15-9-23(10-16-26)6-3-5-22-7-13-25(14-8-22)31-28(33)30-21-24-11-17-27(34-2)18-12-24/h3,6-18H,4-5,20-21H2,1-2H3,(H2,30,31,33). The van der Waals surface area contributed by atoms with E-state index in [1.807, 2.05) is 55.6 Å². The number of amides is 2. The van der Waals surface area contributed by atoms with Gasteiger partial charge in [0.2, 0.25) is 0 Å². The monoisotopic (exact) mass is 454 g/mol. The van der Waals surface area contributed by atoms with Gasteiger partial charge in [-0.25, -0.2) is 4.79 Å². The molecule has 3 aromatic rings. The van der Waals surface area contributed by atoms with E-state index in [0.717, 1.165) is 46.8 Å². The average Bonchev–Trinajstić information content (AvgIpc) is 2.88. The fourth-order valence-corrected chi connectivity index (χ4v) is 3.34. The molecule has 34 heavy (non-hydrogen) atoms. The highest BCUT2D eigenvalue weighted by Crippen LogP contribution is 2.16. The number of nitrogens with one attached hydrogen (secondary N) is 2. The molecule has 0 saturated carbocycles. The number of benzene rings is 3. The molecule has 6 nitrogen and oxygen atoms in total. The van der Waals surface area contributed by atoms with Crippen molar-refractivity contribution in [1.82, 2.24) is 5.32 Å². The number of hydrogen-bond donors (Lipinski definition) is 2. The zero-order valence-electron chi connectivity index (χ0n) is 19.6. The fourth-order valence-electron chi connectivity index (χ4n) is 3.34. The van der Waals surface area contributed by atoms with Crippen LogP contribution in [0.1, 0.15) is 23.1 Å². The summed E-state index contributed by atoms with van der Waals surface area (Å²) in [7, 11) is 3.62. The second kappa shape index (κ2) is 12.7. The Kier molecular flexibility index (Phi) is 9.12. The second-order valence-corrected chi connectivity index (χ2v) is 7.88. The summed E-state index contributed by atoms with van der Waals surface area (Å²) in [5.41, 5.74) is 5.14. The first kappa shape index (κ1) is 24.4. The molecule has 2 N–H and O–H groups in total. The highest BCUT2D eigenvalue weighted by molar-refractivity contribution is 5.89. The fraction of sp³-hybridized carbons (Fsp3) is 0.214. The molecule has 0 fully saturated rings. The molecule has 0 atom stereocenters. The second-order valence-electron chi connectivity index (χ2n) is 7.88. The Morgan fingerprint density at radius 2 is 1.68 bits per heavy atom. The summed E-state index contributed by atoms with van der Waals surface area (Å²) in [6.45, 7) is 1.16. The van der Waals surface area contributed by atoms with E-state index in [1.54, 1.807) is 7.11 Å². The van der Waals surface area contributed by atoms with Crippen LogP contribution in [0.15, 0.2) is 78.9 Å². The molecule has 0 heterocycles. The number of nitrogens with zero attached hydrogens (tertiary/aromatic N) is 2. The Morgan fingerprint density at radius 3 is 2.32 bits per heavy atom. The number of hydrogen-bond acceptors (Lipinski definition) is 4. The molecule has 0 aromatic heterocycles. The first-order valence-electron chi connectivity index (χ1n) is 11.2. The lowest BCUT2D eigenvalue weighted by Gasteiger charge is -2.17. The zero-order chi connectivity index (χ0) is 24.2. The minimum absolute atomic E-state index is 0.245. The van der Waals surface area contributed by atoms with Crippen LogP contribution in [-0.2, 0) is 13.0 Å². The number of nitriles is 1. The number of rotatable bonds is 10. The van der Waals surface area contributed by atoms with Crippen molar-refractivity contribution in [3.8, 4) is 11.8 Å². The zero-order valence-corrected chi connectivity index (χ0v) is 19.6. The maximum atomic E-state index is 12.2. The summed E-state index contributed by atoms with van der Waals surface area (Å²) < 4.78 is 5.14. The third-order valence-corrected chi connectivity index (χ3v) is 5.38. The largest absolute Gasteiger partial charge is 0.497 e. The predicted molar refractivity (Wildman–Crippen MR) is 138 cm³/mol. The minimum atomic E-state index is -0.245. The van der Waals surface area contributed by atoms with E-state index in [-0.39, 0.29) is 6.03 Å². The van der Waals surface area contributed by atoms with E-state index in [4.69, 9.17) is 10.00 Å². The van der Waals surface area contributed by atoms with E-state index >= 15 is 0 Å². The van der Waals surface area contributed by atoms with E-state index in [2.05, 4.69) is 58.0 Å². The molecule has 0 radical (unpaired) electrons. The van der Waals surface area contributed by atoms with E-state index in [1.165, 1.54) is 0 Å². The summed E-state index contributed by atoms with van der Waals surface area (Å²) >= 11 is 0. The van der Waals surface area contributed by atoms with Crippen molar-refractivity contribution in [3.05, 3.63) is 95.6 Å². The van der Waals surface area contributed by atoms with Crippen LogP contribution in [0, 0.1) is 11.3 Å². The molecular weight excluding hydrogens is 424 g/mol. The summed E-state index contributed by atoms with van der Waals surface area (Å²) in [4.78, 5) is 14.2. The third-order valence-electron chi connectivity index (χ3n) is 5.38. The summed E-state index contributed by atoms with van der Waals surface area (Å²) in [5.74, 6) is 0.789. The molecule has 3 rings (SSSR count). The molecule has 0 unspecified atom stereocenters. The lowest BCUT2D eigenvalue weighted by atomic mass is 10.1. The number of allylic oxidation sites excluding steroid dienone is 1. The van der Waals surface area contributed by atoms with E-state index in [0.29, 0.717) is 13.0 Å². The average molecular weight is 455 g/mol. The van der Waals surface area contributed by atoms with Crippen LogP contribution in [0.3, 0.4) is 0 Å². The van der Waals surface area contributed by atoms with Crippen LogP contribution in [0.5, 0.6) is 5.75 Å². The first-order chi connectivity index (χ1) is 16.6. The Bertz CT molecular complexity index is 1120. The van der Waals surface area contributed by atoms with Crippen molar-refractivity contribution in [3.63, 3.8) is 0 Å². The highest BCUT2D eigenvalue weighted by Gasteiger charge is 2.03. The van der Waals surface area contributed by atoms with Gasteiger partial charge in [-0.1, -0.05) is 48.6 Å². The molecule has 0 bridgehead atoms. The Balaban J connectivity index is 1.43. The molecule has 0 aliphatic heterocycles. The molecule has 6 heteroatoms. The smallest absolute Gasteiger partial charge is 0.319 e. The number of urea groups is 1. The van der Waals surface area contributed by atoms with Gasteiger partial charge in [-0.05, 0) is 59.5 Å². The first-order valence-corrected chi connectivity index (χ1v) is 11.2. The normalized spacial score (nSPS) is 10.5. The Hall–Kier alpha value is -4.24. The van der Waals surface area contributed by atoms with Crippen LogP contribution in [0.25, 0.3) is 6.08 Å². The van der Waals surface area contributed by atoms with Crippen molar-refractivity contribution in [1.29, 1.82) is 5.26 Å². The summed E-state index contributed by atoms with van der Waals surface area (Å²) in [6, 6.07) is 25.6. The van der Waals surface area contributed by atoms with Gasteiger partial charge in [0.25, 0.3) is 0 Å². The molecule has 174 valence electrons. The van der Waals surface area contributed by atoms with Crippen molar-refractivity contribution in [2.24, 2.45) is 0 Å². The summed E-state index contributed by atoms with van der Waals surface area (Å²) in [6.07, 6.45) is 5.53.